The lowest BCUT2D eigenvalue weighted by molar-refractivity contribution is -0.136. The molecule has 156 valence electrons. The van der Waals surface area contributed by atoms with Gasteiger partial charge in [0.2, 0.25) is 0 Å². The minimum absolute atomic E-state index is 0.293. The number of aryl methyl sites for hydroxylation is 1. The van der Waals surface area contributed by atoms with Gasteiger partial charge in [0, 0.05) is 21.5 Å². The first kappa shape index (κ1) is 20.8. The van der Waals surface area contributed by atoms with Gasteiger partial charge in [-0.1, -0.05) is 41.4 Å². The van der Waals surface area contributed by atoms with Crippen molar-refractivity contribution in [1.82, 2.24) is 4.98 Å². The van der Waals surface area contributed by atoms with E-state index >= 15 is 0 Å². The third-order valence-corrected chi connectivity index (χ3v) is 5.36. The lowest BCUT2D eigenvalue weighted by Crippen LogP contribution is -2.08. The van der Waals surface area contributed by atoms with Crippen LogP contribution in [0.2, 0.25) is 5.02 Å². The number of aliphatic carboxylic acids is 1. The van der Waals surface area contributed by atoms with Crippen molar-refractivity contribution < 1.29 is 19.0 Å². The van der Waals surface area contributed by atoms with Gasteiger partial charge in [0.15, 0.2) is 0 Å². The standard InChI is InChI=1S/C25H19ClFNO3/c1-14-7-10-22(31-2)18(11-14)25-19(13-23(29)30)24(16-5-3-4-6-20(16)27)17-12-15(26)8-9-21(17)28-25/h3-12H,13H2,1-2H3,(H,29,30). The quantitative estimate of drug-likeness (QED) is 0.399. The maximum Gasteiger partial charge on any atom is 0.307 e. The van der Waals surface area contributed by atoms with Gasteiger partial charge in [-0.25, -0.2) is 9.37 Å². The van der Waals surface area contributed by atoms with Gasteiger partial charge in [0.1, 0.15) is 11.6 Å². The van der Waals surface area contributed by atoms with E-state index in [0.717, 1.165) is 5.56 Å². The molecule has 0 aliphatic rings. The van der Waals surface area contributed by atoms with Crippen LogP contribution in [0, 0.1) is 12.7 Å². The Morgan fingerprint density at radius 2 is 1.87 bits per heavy atom. The molecule has 1 heterocycles. The van der Waals surface area contributed by atoms with E-state index in [0.29, 0.717) is 49.6 Å². The average molecular weight is 436 g/mol. The second-order valence-electron chi connectivity index (χ2n) is 7.23. The van der Waals surface area contributed by atoms with Crippen LogP contribution in [0.25, 0.3) is 33.3 Å². The highest BCUT2D eigenvalue weighted by Gasteiger charge is 2.23. The highest BCUT2D eigenvalue weighted by Crippen LogP contribution is 2.41. The molecule has 4 nitrogen and oxygen atoms in total. The number of pyridine rings is 1. The molecule has 4 rings (SSSR count). The van der Waals surface area contributed by atoms with Crippen molar-refractivity contribution in [2.45, 2.75) is 13.3 Å². The smallest absolute Gasteiger partial charge is 0.307 e. The molecule has 1 aromatic heterocycles. The number of hydrogen-bond acceptors (Lipinski definition) is 3. The Hall–Kier alpha value is -3.44. The topological polar surface area (TPSA) is 59.4 Å². The predicted octanol–water partition coefficient (Wildman–Crippen LogP) is 6.31. The van der Waals surface area contributed by atoms with Gasteiger partial charge in [-0.2, -0.15) is 0 Å². The lowest BCUT2D eigenvalue weighted by atomic mass is 9.89. The van der Waals surface area contributed by atoms with Crippen molar-refractivity contribution in [3.05, 3.63) is 82.6 Å². The Kier molecular flexibility index (Phi) is 5.61. The van der Waals surface area contributed by atoms with Gasteiger partial charge in [0.25, 0.3) is 0 Å². The lowest BCUT2D eigenvalue weighted by Gasteiger charge is -2.19. The molecule has 0 aliphatic heterocycles. The molecule has 0 aliphatic carbocycles. The van der Waals surface area contributed by atoms with Gasteiger partial charge in [0.05, 0.1) is 24.7 Å². The number of carboxylic acids is 1. The van der Waals surface area contributed by atoms with E-state index in [9.17, 15) is 14.3 Å². The van der Waals surface area contributed by atoms with Crippen LogP contribution in [0.3, 0.4) is 0 Å². The number of carboxylic acid groups (broad SMARTS) is 1. The van der Waals surface area contributed by atoms with E-state index < -0.39 is 11.8 Å². The molecule has 0 saturated carbocycles. The summed E-state index contributed by atoms with van der Waals surface area (Å²) in [5, 5.41) is 10.7. The molecule has 31 heavy (non-hydrogen) atoms. The summed E-state index contributed by atoms with van der Waals surface area (Å²) in [5.74, 6) is -0.949. The van der Waals surface area contributed by atoms with E-state index in [1.54, 1.807) is 43.5 Å². The fourth-order valence-corrected chi connectivity index (χ4v) is 3.97. The maximum atomic E-state index is 14.9. The van der Waals surface area contributed by atoms with Crippen molar-refractivity contribution in [3.8, 4) is 28.1 Å². The summed E-state index contributed by atoms with van der Waals surface area (Å²) in [6.45, 7) is 1.93. The van der Waals surface area contributed by atoms with Crippen LogP contribution in [0.4, 0.5) is 4.39 Å². The van der Waals surface area contributed by atoms with E-state index in [2.05, 4.69) is 0 Å². The summed E-state index contributed by atoms with van der Waals surface area (Å²) >= 11 is 6.24. The Labute approximate surface area is 183 Å². The molecule has 0 spiro atoms. The molecule has 0 bridgehead atoms. The summed E-state index contributed by atoms with van der Waals surface area (Å²) in [5.41, 5.74) is 3.78. The van der Waals surface area contributed by atoms with Crippen molar-refractivity contribution in [2.75, 3.05) is 7.11 Å². The molecule has 0 fully saturated rings. The Bertz CT molecular complexity index is 1320. The molecule has 0 radical (unpaired) electrons. The molecule has 3 aromatic carbocycles. The number of rotatable bonds is 5. The Morgan fingerprint density at radius 3 is 2.58 bits per heavy atom. The SMILES string of the molecule is COc1ccc(C)cc1-c1nc2ccc(Cl)cc2c(-c2ccccc2F)c1CC(=O)O. The number of aromatic nitrogens is 1. The zero-order valence-corrected chi connectivity index (χ0v) is 17.7. The fraction of sp³-hybridized carbons (Fsp3) is 0.120. The normalized spacial score (nSPS) is 11.0. The van der Waals surface area contributed by atoms with Gasteiger partial charge in [-0.3, -0.25) is 4.79 Å². The van der Waals surface area contributed by atoms with Crippen LogP contribution in [0.5, 0.6) is 5.75 Å². The molecule has 0 atom stereocenters. The van der Waals surface area contributed by atoms with Crippen molar-refractivity contribution in [2.24, 2.45) is 0 Å². The van der Waals surface area contributed by atoms with Crippen molar-refractivity contribution in [3.63, 3.8) is 0 Å². The first-order valence-electron chi connectivity index (χ1n) is 9.63. The molecule has 1 N–H and O–H groups in total. The number of halogens is 2. The summed E-state index contributed by atoms with van der Waals surface area (Å²) in [4.78, 5) is 16.6. The third-order valence-electron chi connectivity index (χ3n) is 5.13. The Balaban J connectivity index is 2.21. The molecule has 0 saturated heterocycles. The molecule has 0 amide bonds. The monoisotopic (exact) mass is 435 g/mol. The van der Waals surface area contributed by atoms with Gasteiger partial charge < -0.3 is 9.84 Å². The first-order valence-corrected chi connectivity index (χ1v) is 10.0. The summed E-state index contributed by atoms with van der Waals surface area (Å²) < 4.78 is 20.5. The van der Waals surface area contributed by atoms with Crippen LogP contribution in [0.15, 0.2) is 60.7 Å². The van der Waals surface area contributed by atoms with Crippen LogP contribution in [0.1, 0.15) is 11.1 Å². The number of carbonyl (C=O) groups is 1. The molecular formula is C25H19ClFNO3. The molecule has 0 unspecified atom stereocenters. The van der Waals surface area contributed by atoms with E-state index in [1.165, 1.54) is 6.07 Å². The van der Waals surface area contributed by atoms with E-state index in [-0.39, 0.29) is 6.42 Å². The number of methoxy groups -OCH3 is 1. The highest BCUT2D eigenvalue weighted by atomic mass is 35.5. The van der Waals surface area contributed by atoms with E-state index in [4.69, 9.17) is 21.3 Å². The van der Waals surface area contributed by atoms with Crippen LogP contribution < -0.4 is 4.74 Å². The van der Waals surface area contributed by atoms with Crippen LogP contribution >= 0.6 is 11.6 Å². The van der Waals surface area contributed by atoms with Gasteiger partial charge in [-0.05, 0) is 54.4 Å². The van der Waals surface area contributed by atoms with E-state index in [1.807, 2.05) is 25.1 Å². The fourth-order valence-electron chi connectivity index (χ4n) is 3.80. The maximum absolute atomic E-state index is 14.9. The number of fused-ring (bicyclic) bond motifs is 1. The summed E-state index contributed by atoms with van der Waals surface area (Å²) in [6, 6.07) is 17.0. The number of hydrogen-bond donors (Lipinski definition) is 1. The molecule has 6 heteroatoms. The molecule has 4 aromatic rings. The third kappa shape index (κ3) is 3.97. The second kappa shape index (κ2) is 8.36. The summed E-state index contributed by atoms with van der Waals surface area (Å²) in [6.07, 6.45) is -0.342. The van der Waals surface area contributed by atoms with Crippen molar-refractivity contribution >= 4 is 28.5 Å². The number of benzene rings is 3. The molecular weight excluding hydrogens is 417 g/mol. The van der Waals surface area contributed by atoms with Gasteiger partial charge in [-0.15, -0.1) is 0 Å². The average Bonchev–Trinajstić information content (AvgIpc) is 2.74. The van der Waals surface area contributed by atoms with Gasteiger partial charge >= 0.3 is 5.97 Å². The minimum atomic E-state index is -1.05. The zero-order chi connectivity index (χ0) is 22.1. The first-order chi connectivity index (χ1) is 14.9. The summed E-state index contributed by atoms with van der Waals surface area (Å²) in [7, 11) is 1.55. The number of ether oxygens (including phenoxy) is 1. The largest absolute Gasteiger partial charge is 0.496 e. The van der Waals surface area contributed by atoms with Crippen molar-refractivity contribution in [1.29, 1.82) is 0 Å². The minimum Gasteiger partial charge on any atom is -0.496 e. The highest BCUT2D eigenvalue weighted by molar-refractivity contribution is 6.31. The predicted molar refractivity (Wildman–Crippen MR) is 120 cm³/mol. The zero-order valence-electron chi connectivity index (χ0n) is 16.9. The van der Waals surface area contributed by atoms with Crippen LogP contribution in [-0.2, 0) is 11.2 Å². The number of nitrogens with zero attached hydrogens (tertiary/aromatic N) is 1. The van der Waals surface area contributed by atoms with Crippen LogP contribution in [-0.4, -0.2) is 23.2 Å². The Morgan fingerprint density at radius 1 is 1.10 bits per heavy atom. The second-order valence-corrected chi connectivity index (χ2v) is 7.67.